The van der Waals surface area contributed by atoms with Gasteiger partial charge in [0.2, 0.25) is 0 Å². The summed E-state index contributed by atoms with van der Waals surface area (Å²) in [4.78, 5) is 8.96. The van der Waals surface area contributed by atoms with Crippen LogP contribution in [0.3, 0.4) is 0 Å². The Bertz CT molecular complexity index is 323. The maximum atomic E-state index is 4.50. The summed E-state index contributed by atoms with van der Waals surface area (Å²) in [6.45, 7) is 7.11. The normalized spacial score (nSPS) is 10.1. The summed E-state index contributed by atoms with van der Waals surface area (Å²) in [7, 11) is 1.89. The van der Waals surface area contributed by atoms with Crippen LogP contribution in [0.5, 0.6) is 0 Å². The number of nitrogens with zero attached hydrogens (tertiary/aromatic N) is 2. The van der Waals surface area contributed by atoms with Crippen LogP contribution in [0.2, 0.25) is 0 Å². The van der Waals surface area contributed by atoms with Crippen molar-refractivity contribution < 1.29 is 0 Å². The van der Waals surface area contributed by atoms with Crippen molar-refractivity contribution in [3.63, 3.8) is 0 Å². The van der Waals surface area contributed by atoms with E-state index in [0.29, 0.717) is 0 Å². The summed E-state index contributed by atoms with van der Waals surface area (Å²) >= 11 is 0. The minimum absolute atomic E-state index is 0.882. The second kappa shape index (κ2) is 5.53. The molecule has 1 aromatic rings. The van der Waals surface area contributed by atoms with Crippen molar-refractivity contribution in [3.8, 4) is 0 Å². The molecule has 15 heavy (non-hydrogen) atoms. The van der Waals surface area contributed by atoms with Gasteiger partial charge >= 0.3 is 0 Å². The molecule has 0 bridgehead atoms. The fraction of sp³-hybridized carbons (Fsp3) is 0.636. The molecule has 0 aromatic carbocycles. The zero-order valence-electron chi connectivity index (χ0n) is 10.0. The van der Waals surface area contributed by atoms with Crippen LogP contribution in [0.4, 0.5) is 11.6 Å². The van der Waals surface area contributed by atoms with E-state index in [1.807, 2.05) is 14.0 Å². The molecule has 0 fully saturated rings. The third-order valence-corrected chi connectivity index (χ3v) is 2.25. The monoisotopic (exact) mass is 208 g/mol. The van der Waals surface area contributed by atoms with E-state index in [1.165, 1.54) is 0 Å². The van der Waals surface area contributed by atoms with Crippen molar-refractivity contribution in [1.29, 1.82) is 0 Å². The number of rotatable bonds is 5. The SMILES string of the molecule is CCCc1nc(NC)c(C)c(NCC)n1. The summed E-state index contributed by atoms with van der Waals surface area (Å²) in [5, 5.41) is 6.36. The highest BCUT2D eigenvalue weighted by Crippen LogP contribution is 2.19. The van der Waals surface area contributed by atoms with Crippen LogP contribution in [-0.2, 0) is 6.42 Å². The van der Waals surface area contributed by atoms with Gasteiger partial charge in [-0.25, -0.2) is 9.97 Å². The van der Waals surface area contributed by atoms with Gasteiger partial charge in [-0.05, 0) is 20.3 Å². The predicted octanol–water partition coefficient (Wildman–Crippen LogP) is 2.21. The van der Waals surface area contributed by atoms with Crippen LogP contribution in [0.1, 0.15) is 31.7 Å². The molecule has 0 aliphatic rings. The van der Waals surface area contributed by atoms with Gasteiger partial charge in [-0.15, -0.1) is 0 Å². The van der Waals surface area contributed by atoms with Crippen LogP contribution in [0.25, 0.3) is 0 Å². The highest BCUT2D eigenvalue weighted by Gasteiger charge is 2.08. The Balaban J connectivity index is 3.07. The summed E-state index contributed by atoms with van der Waals surface area (Å²) in [5.41, 5.74) is 1.08. The van der Waals surface area contributed by atoms with Gasteiger partial charge in [0.25, 0.3) is 0 Å². The quantitative estimate of drug-likeness (QED) is 0.779. The summed E-state index contributed by atoms with van der Waals surface area (Å²) in [5.74, 6) is 2.77. The van der Waals surface area contributed by atoms with Crippen LogP contribution in [-0.4, -0.2) is 23.6 Å². The third kappa shape index (κ3) is 2.81. The van der Waals surface area contributed by atoms with Crippen LogP contribution < -0.4 is 10.6 Å². The average molecular weight is 208 g/mol. The van der Waals surface area contributed by atoms with E-state index >= 15 is 0 Å². The molecule has 0 unspecified atom stereocenters. The zero-order valence-corrected chi connectivity index (χ0v) is 10.0. The number of hydrogen-bond donors (Lipinski definition) is 2. The van der Waals surface area contributed by atoms with Crippen LogP contribution >= 0.6 is 0 Å². The molecule has 0 aliphatic heterocycles. The maximum absolute atomic E-state index is 4.50. The standard InChI is InChI=1S/C11H20N4/c1-5-7-9-14-10(12-4)8(3)11(15-9)13-6-2/h5-7H2,1-4H3,(H2,12,13,14,15). The van der Waals surface area contributed by atoms with E-state index in [9.17, 15) is 0 Å². The van der Waals surface area contributed by atoms with Gasteiger partial charge < -0.3 is 10.6 Å². The Morgan fingerprint density at radius 3 is 2.33 bits per heavy atom. The Hall–Kier alpha value is -1.32. The molecule has 0 saturated heterocycles. The fourth-order valence-electron chi connectivity index (χ4n) is 1.48. The molecule has 0 saturated carbocycles. The molecule has 2 N–H and O–H groups in total. The Morgan fingerprint density at radius 1 is 1.13 bits per heavy atom. The van der Waals surface area contributed by atoms with Crippen molar-refractivity contribution in [2.45, 2.75) is 33.6 Å². The molecular weight excluding hydrogens is 188 g/mol. The van der Waals surface area contributed by atoms with E-state index in [4.69, 9.17) is 0 Å². The fourth-order valence-corrected chi connectivity index (χ4v) is 1.48. The molecule has 0 spiro atoms. The summed E-state index contributed by atoms with van der Waals surface area (Å²) in [6, 6.07) is 0. The first-order chi connectivity index (χ1) is 7.22. The molecular formula is C11H20N4. The summed E-state index contributed by atoms with van der Waals surface area (Å²) in [6.07, 6.45) is 1.99. The number of aryl methyl sites for hydroxylation is 1. The smallest absolute Gasteiger partial charge is 0.134 e. The van der Waals surface area contributed by atoms with Crippen molar-refractivity contribution in [2.24, 2.45) is 0 Å². The lowest BCUT2D eigenvalue weighted by Gasteiger charge is -2.12. The van der Waals surface area contributed by atoms with Crippen molar-refractivity contribution >= 4 is 11.6 Å². The average Bonchev–Trinajstić information content (AvgIpc) is 2.23. The Labute approximate surface area is 91.5 Å². The lowest BCUT2D eigenvalue weighted by molar-refractivity contribution is 0.832. The molecule has 4 heteroatoms. The van der Waals surface area contributed by atoms with Crippen molar-refractivity contribution in [1.82, 2.24) is 9.97 Å². The van der Waals surface area contributed by atoms with Crippen LogP contribution in [0, 0.1) is 6.92 Å². The lowest BCUT2D eigenvalue weighted by Crippen LogP contribution is -2.09. The van der Waals surface area contributed by atoms with E-state index < -0.39 is 0 Å². The Kier molecular flexibility index (Phi) is 4.34. The predicted molar refractivity (Wildman–Crippen MR) is 64.5 cm³/mol. The number of anilines is 2. The second-order valence-electron chi connectivity index (χ2n) is 3.49. The number of nitrogens with one attached hydrogen (secondary N) is 2. The molecule has 1 heterocycles. The van der Waals surface area contributed by atoms with Gasteiger partial charge in [-0.2, -0.15) is 0 Å². The highest BCUT2D eigenvalue weighted by atomic mass is 15.1. The molecule has 0 atom stereocenters. The zero-order chi connectivity index (χ0) is 11.3. The molecule has 1 aromatic heterocycles. The second-order valence-corrected chi connectivity index (χ2v) is 3.49. The topological polar surface area (TPSA) is 49.8 Å². The van der Waals surface area contributed by atoms with Gasteiger partial charge in [-0.1, -0.05) is 6.92 Å². The number of aromatic nitrogens is 2. The van der Waals surface area contributed by atoms with Gasteiger partial charge in [0.15, 0.2) is 0 Å². The largest absolute Gasteiger partial charge is 0.373 e. The maximum Gasteiger partial charge on any atom is 0.134 e. The minimum atomic E-state index is 0.882. The van der Waals surface area contributed by atoms with Gasteiger partial charge in [-0.3, -0.25) is 0 Å². The van der Waals surface area contributed by atoms with E-state index in [1.54, 1.807) is 0 Å². The Morgan fingerprint density at radius 2 is 1.80 bits per heavy atom. The third-order valence-electron chi connectivity index (χ3n) is 2.25. The van der Waals surface area contributed by atoms with E-state index in [0.717, 1.165) is 42.4 Å². The van der Waals surface area contributed by atoms with Crippen molar-refractivity contribution in [2.75, 3.05) is 24.2 Å². The molecule has 0 amide bonds. The van der Waals surface area contributed by atoms with Gasteiger partial charge in [0, 0.05) is 25.6 Å². The van der Waals surface area contributed by atoms with E-state index in [2.05, 4.69) is 34.4 Å². The van der Waals surface area contributed by atoms with Crippen LogP contribution in [0.15, 0.2) is 0 Å². The van der Waals surface area contributed by atoms with E-state index in [-0.39, 0.29) is 0 Å². The first-order valence-corrected chi connectivity index (χ1v) is 5.52. The molecule has 0 radical (unpaired) electrons. The first-order valence-electron chi connectivity index (χ1n) is 5.52. The molecule has 0 aliphatic carbocycles. The highest BCUT2D eigenvalue weighted by molar-refractivity contribution is 5.56. The molecule has 84 valence electrons. The molecule has 1 rings (SSSR count). The lowest BCUT2D eigenvalue weighted by atomic mass is 10.2. The molecule has 4 nitrogen and oxygen atoms in total. The van der Waals surface area contributed by atoms with Gasteiger partial charge in [0.1, 0.15) is 17.5 Å². The summed E-state index contributed by atoms with van der Waals surface area (Å²) < 4.78 is 0. The van der Waals surface area contributed by atoms with Crippen molar-refractivity contribution in [3.05, 3.63) is 11.4 Å². The number of hydrogen-bond acceptors (Lipinski definition) is 4. The van der Waals surface area contributed by atoms with Gasteiger partial charge in [0.05, 0.1) is 0 Å². The first kappa shape index (κ1) is 11.8. The minimum Gasteiger partial charge on any atom is -0.373 e.